The number of hydrogen-bond donors (Lipinski definition) is 1. The average molecular weight is 330 g/mol. The van der Waals surface area contributed by atoms with Crippen molar-refractivity contribution in [3.8, 4) is 0 Å². The zero-order chi connectivity index (χ0) is 16.3. The van der Waals surface area contributed by atoms with E-state index in [9.17, 15) is 4.79 Å². The lowest BCUT2D eigenvalue weighted by Gasteiger charge is -2.05. The van der Waals surface area contributed by atoms with Gasteiger partial charge >= 0.3 is 5.97 Å². The van der Waals surface area contributed by atoms with Crippen molar-refractivity contribution in [2.24, 2.45) is 0 Å². The van der Waals surface area contributed by atoms with Crippen LogP contribution in [0.1, 0.15) is 117 Å². The van der Waals surface area contributed by atoms with E-state index in [1.807, 2.05) is 0 Å². The Kier molecular flexibility index (Phi) is 23.0. The van der Waals surface area contributed by atoms with Crippen LogP contribution in [0.4, 0.5) is 0 Å². The van der Waals surface area contributed by atoms with Crippen molar-refractivity contribution in [1.29, 1.82) is 0 Å². The molecule has 0 saturated heterocycles. The van der Waals surface area contributed by atoms with E-state index in [2.05, 4.69) is 13.8 Å². The molecular weight excluding hydrogens is 286 g/mol. The molecule has 0 radical (unpaired) electrons. The number of carbonyl (C=O) groups excluding carboxylic acids is 1. The van der Waals surface area contributed by atoms with Crippen LogP contribution >= 0.6 is 0 Å². The largest absolute Gasteiger partial charge is 0.466 e. The molecule has 3 heteroatoms. The average Bonchev–Trinajstić information content (AvgIpc) is 2.52. The molecule has 0 saturated carbocycles. The molecule has 0 aliphatic rings. The van der Waals surface area contributed by atoms with E-state index in [0.29, 0.717) is 13.0 Å². The Morgan fingerprint density at radius 1 is 0.609 bits per heavy atom. The Morgan fingerprint density at radius 3 is 1.48 bits per heavy atom. The molecule has 0 unspecified atom stereocenters. The van der Waals surface area contributed by atoms with Gasteiger partial charge in [-0.2, -0.15) is 0 Å². The SMILES string of the molecule is CCCCCCCCCCOC(=O)CCCCCCCCC.N. The maximum atomic E-state index is 11.6. The van der Waals surface area contributed by atoms with Crippen LogP contribution in [0.3, 0.4) is 0 Å². The van der Waals surface area contributed by atoms with Crippen molar-refractivity contribution in [2.45, 2.75) is 117 Å². The van der Waals surface area contributed by atoms with Crippen LogP contribution in [0.2, 0.25) is 0 Å². The fraction of sp³-hybridized carbons (Fsp3) is 0.950. The first-order valence-corrected chi connectivity index (χ1v) is 9.96. The molecule has 0 rings (SSSR count). The highest BCUT2D eigenvalue weighted by Crippen LogP contribution is 2.10. The quantitative estimate of drug-likeness (QED) is 0.231. The van der Waals surface area contributed by atoms with Gasteiger partial charge in [0.25, 0.3) is 0 Å². The Morgan fingerprint density at radius 2 is 1.00 bits per heavy atom. The fourth-order valence-electron chi connectivity index (χ4n) is 2.72. The minimum Gasteiger partial charge on any atom is -0.466 e. The van der Waals surface area contributed by atoms with Gasteiger partial charge in [0, 0.05) is 6.42 Å². The zero-order valence-corrected chi connectivity index (χ0v) is 16.0. The first-order chi connectivity index (χ1) is 10.8. The number of esters is 1. The molecule has 0 fully saturated rings. The van der Waals surface area contributed by atoms with Gasteiger partial charge in [-0.1, -0.05) is 97.3 Å². The summed E-state index contributed by atoms with van der Waals surface area (Å²) in [5.41, 5.74) is 0. The second kappa shape index (κ2) is 21.4. The number of unbranched alkanes of at least 4 members (excludes halogenated alkanes) is 13. The molecule has 0 aliphatic heterocycles. The molecule has 0 aromatic heterocycles. The molecule has 0 bridgehead atoms. The molecule has 0 aromatic rings. The highest BCUT2D eigenvalue weighted by atomic mass is 16.5. The Bertz CT molecular complexity index is 232. The van der Waals surface area contributed by atoms with E-state index < -0.39 is 0 Å². The van der Waals surface area contributed by atoms with Gasteiger partial charge in [-0.05, 0) is 12.8 Å². The predicted molar refractivity (Wildman–Crippen MR) is 101 cm³/mol. The van der Waals surface area contributed by atoms with E-state index in [1.54, 1.807) is 0 Å². The Labute approximate surface area is 145 Å². The van der Waals surface area contributed by atoms with Crippen LogP contribution in [-0.4, -0.2) is 12.6 Å². The highest BCUT2D eigenvalue weighted by Gasteiger charge is 2.02. The van der Waals surface area contributed by atoms with Crippen molar-refractivity contribution in [1.82, 2.24) is 6.15 Å². The predicted octanol–water partition coefficient (Wildman–Crippen LogP) is 6.97. The normalized spacial score (nSPS) is 10.3. The van der Waals surface area contributed by atoms with E-state index in [-0.39, 0.29) is 12.1 Å². The van der Waals surface area contributed by atoms with E-state index in [1.165, 1.54) is 83.5 Å². The first kappa shape index (κ1) is 24.7. The van der Waals surface area contributed by atoms with Gasteiger partial charge in [-0.25, -0.2) is 0 Å². The van der Waals surface area contributed by atoms with Gasteiger partial charge in [0.1, 0.15) is 0 Å². The standard InChI is InChI=1S/C20H40O2.H3N/c1-3-5-7-9-11-13-15-17-19-22-20(21)18-16-14-12-10-8-6-4-2;/h3-19H2,1-2H3;1H3. The zero-order valence-electron chi connectivity index (χ0n) is 16.0. The summed E-state index contributed by atoms with van der Waals surface area (Å²) in [7, 11) is 0. The number of hydrogen-bond acceptors (Lipinski definition) is 3. The summed E-state index contributed by atoms with van der Waals surface area (Å²) in [4.78, 5) is 11.6. The molecular formula is C20H43NO2. The fourth-order valence-corrected chi connectivity index (χ4v) is 2.72. The summed E-state index contributed by atoms with van der Waals surface area (Å²) in [6.07, 6.45) is 19.7. The molecule has 3 N–H and O–H groups in total. The third kappa shape index (κ3) is 21.4. The van der Waals surface area contributed by atoms with Crippen LogP contribution in [0.25, 0.3) is 0 Å². The molecule has 0 heterocycles. The number of carbonyl (C=O) groups is 1. The van der Waals surface area contributed by atoms with Crippen LogP contribution in [0.15, 0.2) is 0 Å². The molecule has 3 nitrogen and oxygen atoms in total. The summed E-state index contributed by atoms with van der Waals surface area (Å²) in [5, 5.41) is 0. The van der Waals surface area contributed by atoms with E-state index >= 15 is 0 Å². The number of ether oxygens (including phenoxy) is 1. The minimum atomic E-state index is 0. The maximum Gasteiger partial charge on any atom is 0.305 e. The van der Waals surface area contributed by atoms with Gasteiger partial charge in [-0.3, -0.25) is 4.79 Å². The summed E-state index contributed by atoms with van der Waals surface area (Å²) in [6, 6.07) is 0. The van der Waals surface area contributed by atoms with Crippen molar-refractivity contribution in [3.63, 3.8) is 0 Å². The second-order valence-electron chi connectivity index (χ2n) is 6.57. The second-order valence-corrected chi connectivity index (χ2v) is 6.57. The minimum absolute atomic E-state index is 0. The topological polar surface area (TPSA) is 61.3 Å². The van der Waals surface area contributed by atoms with Crippen LogP contribution in [0.5, 0.6) is 0 Å². The summed E-state index contributed by atoms with van der Waals surface area (Å²) >= 11 is 0. The van der Waals surface area contributed by atoms with Gasteiger partial charge < -0.3 is 10.9 Å². The third-order valence-corrected chi connectivity index (χ3v) is 4.25. The Balaban J connectivity index is 0. The van der Waals surface area contributed by atoms with Gasteiger partial charge in [0.15, 0.2) is 0 Å². The lowest BCUT2D eigenvalue weighted by Crippen LogP contribution is -2.05. The van der Waals surface area contributed by atoms with Crippen LogP contribution < -0.4 is 6.15 Å². The van der Waals surface area contributed by atoms with Crippen LogP contribution in [0, 0.1) is 0 Å². The third-order valence-electron chi connectivity index (χ3n) is 4.25. The molecule has 0 atom stereocenters. The van der Waals surface area contributed by atoms with Gasteiger partial charge in [0.05, 0.1) is 6.61 Å². The highest BCUT2D eigenvalue weighted by molar-refractivity contribution is 5.69. The molecule has 23 heavy (non-hydrogen) atoms. The number of rotatable bonds is 17. The smallest absolute Gasteiger partial charge is 0.305 e. The summed E-state index contributed by atoms with van der Waals surface area (Å²) in [6.45, 7) is 5.12. The molecule has 0 aromatic carbocycles. The lowest BCUT2D eigenvalue weighted by molar-refractivity contribution is -0.143. The van der Waals surface area contributed by atoms with E-state index in [4.69, 9.17) is 4.74 Å². The van der Waals surface area contributed by atoms with E-state index in [0.717, 1.165) is 12.8 Å². The van der Waals surface area contributed by atoms with Crippen molar-refractivity contribution in [2.75, 3.05) is 6.61 Å². The molecule has 0 spiro atoms. The molecule has 0 amide bonds. The maximum absolute atomic E-state index is 11.6. The van der Waals surface area contributed by atoms with Gasteiger partial charge in [0.2, 0.25) is 0 Å². The summed E-state index contributed by atoms with van der Waals surface area (Å²) < 4.78 is 5.29. The molecule has 0 aliphatic carbocycles. The Hall–Kier alpha value is -0.570. The summed E-state index contributed by atoms with van der Waals surface area (Å²) in [5.74, 6) is 0.0107. The van der Waals surface area contributed by atoms with Crippen LogP contribution in [-0.2, 0) is 9.53 Å². The first-order valence-electron chi connectivity index (χ1n) is 9.96. The molecule has 140 valence electrons. The monoisotopic (exact) mass is 329 g/mol. The lowest BCUT2D eigenvalue weighted by atomic mass is 10.1. The van der Waals surface area contributed by atoms with Crippen molar-refractivity contribution < 1.29 is 9.53 Å². The van der Waals surface area contributed by atoms with Crippen molar-refractivity contribution in [3.05, 3.63) is 0 Å². The van der Waals surface area contributed by atoms with Crippen molar-refractivity contribution >= 4 is 5.97 Å². The van der Waals surface area contributed by atoms with Gasteiger partial charge in [-0.15, -0.1) is 0 Å².